The van der Waals surface area contributed by atoms with Crippen molar-refractivity contribution < 1.29 is 14.5 Å². The lowest BCUT2D eigenvalue weighted by atomic mass is 10.8. The highest BCUT2D eigenvalue weighted by Crippen LogP contribution is 2.19. The molecule has 0 saturated carbocycles. The van der Waals surface area contributed by atoms with E-state index in [2.05, 4.69) is 6.58 Å². The van der Waals surface area contributed by atoms with E-state index in [1.807, 2.05) is 0 Å². The Morgan fingerprint density at radius 2 is 2.38 bits per heavy atom. The topological polar surface area (TPSA) is 54.4 Å². The van der Waals surface area contributed by atoms with Crippen LogP contribution >= 0.6 is 7.80 Å². The van der Waals surface area contributed by atoms with Crippen LogP contribution in [0.1, 0.15) is 0 Å². The molecule has 3 nitrogen and oxygen atoms in total. The lowest BCUT2D eigenvalue weighted by molar-refractivity contribution is 0.220. The highest BCUT2D eigenvalue weighted by atomic mass is 31.1. The third-order valence-corrected chi connectivity index (χ3v) is 1.70. The molecule has 0 bridgehead atoms. The maximum atomic E-state index is 10.3. The van der Waals surface area contributed by atoms with Gasteiger partial charge in [0.2, 0.25) is 0 Å². The Morgan fingerprint density at radius 1 is 1.88 bits per heavy atom. The second kappa shape index (κ2) is 3.44. The summed E-state index contributed by atoms with van der Waals surface area (Å²) in [5, 5.41) is 8.00. The Bertz CT molecular complexity index is 129. The number of carbonyl (C=O) groups is 1. The Kier molecular flexibility index (Phi) is 3.20. The molecule has 1 atom stereocenters. The Hall–Kier alpha value is -0.560. The van der Waals surface area contributed by atoms with E-state index in [1.54, 1.807) is 0 Å². The van der Waals surface area contributed by atoms with Gasteiger partial charge in [0.25, 0.3) is 0 Å². The van der Waals surface area contributed by atoms with Crippen LogP contribution in [0.15, 0.2) is 12.7 Å². The van der Waals surface area contributed by atoms with Crippen molar-refractivity contribution in [1.29, 1.82) is 0 Å². The summed E-state index contributed by atoms with van der Waals surface area (Å²) in [4.78, 5) is 9.77. The molecule has 0 aliphatic carbocycles. The molecule has 46 valence electrons. The van der Waals surface area contributed by atoms with E-state index in [0.29, 0.717) is 0 Å². The van der Waals surface area contributed by atoms with Gasteiger partial charge in [0, 0.05) is 6.16 Å². The molecule has 1 N–H and O–H groups in total. The van der Waals surface area contributed by atoms with Gasteiger partial charge in [0.15, 0.2) is 7.80 Å². The first-order chi connectivity index (χ1) is 3.68. The second-order valence-electron chi connectivity index (χ2n) is 1.22. The highest BCUT2D eigenvalue weighted by Gasteiger charge is 2.03. The van der Waals surface area contributed by atoms with E-state index >= 15 is 0 Å². The molecule has 0 radical (unpaired) electrons. The van der Waals surface area contributed by atoms with E-state index in [0.717, 1.165) is 0 Å². The van der Waals surface area contributed by atoms with E-state index in [9.17, 15) is 9.36 Å². The first kappa shape index (κ1) is 7.44. The van der Waals surface area contributed by atoms with E-state index in [-0.39, 0.29) is 6.16 Å². The molecule has 0 aromatic rings. The normalized spacial score (nSPS) is 12.5. The summed E-state index contributed by atoms with van der Waals surface area (Å²) in [6, 6.07) is 0. The number of carboxylic acid groups (broad SMARTS) is 1. The minimum absolute atomic E-state index is 0.0972. The maximum absolute atomic E-state index is 10.3. The minimum atomic E-state index is -2.41. The molecule has 0 heterocycles. The van der Waals surface area contributed by atoms with Crippen LogP contribution in [0.2, 0.25) is 0 Å². The lowest BCUT2D eigenvalue weighted by Gasteiger charge is -1.84. The summed E-state index contributed by atoms with van der Waals surface area (Å²) in [7, 11) is -2.41. The van der Waals surface area contributed by atoms with Crippen molar-refractivity contribution in [3.8, 4) is 0 Å². The van der Waals surface area contributed by atoms with E-state index in [1.165, 1.54) is 6.08 Å². The van der Waals surface area contributed by atoms with Crippen LogP contribution in [-0.4, -0.2) is 17.0 Å². The van der Waals surface area contributed by atoms with Gasteiger partial charge in [-0.3, -0.25) is 0 Å². The molecular formula is C4H7O3P. The van der Waals surface area contributed by atoms with Crippen LogP contribution < -0.4 is 0 Å². The lowest BCUT2D eigenvalue weighted by Crippen LogP contribution is -1.83. The third kappa shape index (κ3) is 2.59. The minimum Gasteiger partial charge on any atom is -0.476 e. The fraction of sp³-hybridized carbons (Fsp3) is 0.250. The molecular weight excluding hydrogens is 127 g/mol. The van der Waals surface area contributed by atoms with Crippen LogP contribution in [0, 0.1) is 0 Å². The van der Waals surface area contributed by atoms with Gasteiger partial charge in [-0.15, -0.1) is 6.58 Å². The molecule has 0 aliphatic rings. The fourth-order valence-electron chi connectivity index (χ4n) is 0.218. The van der Waals surface area contributed by atoms with Crippen molar-refractivity contribution in [3.63, 3.8) is 0 Å². The van der Waals surface area contributed by atoms with Crippen molar-refractivity contribution in [2.75, 3.05) is 6.16 Å². The fourth-order valence-corrected chi connectivity index (χ4v) is 0.655. The SMILES string of the molecule is C=CC[PH](=O)C(=O)O. The predicted octanol–water partition coefficient (Wildman–Crippen LogP) is 1.41. The predicted molar refractivity (Wildman–Crippen MR) is 32.1 cm³/mol. The average molecular weight is 134 g/mol. The maximum Gasteiger partial charge on any atom is 0.359 e. The van der Waals surface area contributed by atoms with Gasteiger partial charge in [0.05, 0.1) is 0 Å². The molecule has 1 unspecified atom stereocenters. The number of hydrogen-bond acceptors (Lipinski definition) is 2. The molecule has 0 aliphatic heterocycles. The molecule has 8 heavy (non-hydrogen) atoms. The summed E-state index contributed by atoms with van der Waals surface area (Å²) < 4.78 is 10.3. The van der Waals surface area contributed by atoms with Crippen LogP contribution in [0.25, 0.3) is 0 Å². The van der Waals surface area contributed by atoms with Gasteiger partial charge < -0.3 is 9.67 Å². The van der Waals surface area contributed by atoms with Crippen LogP contribution in [0.3, 0.4) is 0 Å². The Balaban J connectivity index is 3.65. The van der Waals surface area contributed by atoms with Gasteiger partial charge in [-0.2, -0.15) is 0 Å². The summed E-state index contributed by atoms with van der Waals surface area (Å²) in [5.74, 6) is 0. The second-order valence-corrected chi connectivity index (χ2v) is 2.90. The molecule has 0 saturated heterocycles. The first-order valence-electron chi connectivity index (χ1n) is 2.05. The molecule has 0 rings (SSSR count). The molecule has 0 spiro atoms. The van der Waals surface area contributed by atoms with Gasteiger partial charge in [-0.25, -0.2) is 4.79 Å². The van der Waals surface area contributed by atoms with Gasteiger partial charge in [-0.1, -0.05) is 6.08 Å². The van der Waals surface area contributed by atoms with Crippen molar-refractivity contribution in [1.82, 2.24) is 0 Å². The Labute approximate surface area is 47.8 Å². The van der Waals surface area contributed by atoms with Crippen LogP contribution in [-0.2, 0) is 4.57 Å². The average Bonchev–Trinajstić information content (AvgIpc) is 1.67. The standard InChI is InChI=1S/C4H7O3P/c1-2-3-8(7)4(5)6/h2,8H,1,3H2,(H,5,6). The zero-order valence-electron chi connectivity index (χ0n) is 4.26. The zero-order valence-corrected chi connectivity index (χ0v) is 5.26. The van der Waals surface area contributed by atoms with Crippen molar-refractivity contribution in [2.24, 2.45) is 0 Å². The van der Waals surface area contributed by atoms with Crippen LogP contribution in [0.5, 0.6) is 0 Å². The van der Waals surface area contributed by atoms with Crippen molar-refractivity contribution >= 4 is 13.5 Å². The molecule has 0 fully saturated rings. The monoisotopic (exact) mass is 134 g/mol. The van der Waals surface area contributed by atoms with E-state index in [4.69, 9.17) is 5.11 Å². The number of hydrogen-bond donors (Lipinski definition) is 1. The van der Waals surface area contributed by atoms with Gasteiger partial charge >= 0.3 is 5.71 Å². The summed E-state index contributed by atoms with van der Waals surface area (Å²) in [5.41, 5.74) is -1.21. The first-order valence-corrected chi connectivity index (χ1v) is 3.67. The summed E-state index contributed by atoms with van der Waals surface area (Å²) in [6.07, 6.45) is 1.44. The zero-order chi connectivity index (χ0) is 6.57. The quantitative estimate of drug-likeness (QED) is 0.469. The van der Waals surface area contributed by atoms with Crippen molar-refractivity contribution in [2.45, 2.75) is 0 Å². The number of rotatable bonds is 3. The molecule has 0 aromatic heterocycles. The van der Waals surface area contributed by atoms with Gasteiger partial charge in [0.1, 0.15) is 0 Å². The highest BCUT2D eigenvalue weighted by molar-refractivity contribution is 7.63. The Morgan fingerprint density at radius 3 is 2.50 bits per heavy atom. The molecule has 0 amide bonds. The smallest absolute Gasteiger partial charge is 0.359 e. The largest absolute Gasteiger partial charge is 0.476 e. The van der Waals surface area contributed by atoms with E-state index < -0.39 is 13.5 Å². The summed E-state index contributed by atoms with van der Waals surface area (Å²) >= 11 is 0. The molecule has 0 aromatic carbocycles. The summed E-state index contributed by atoms with van der Waals surface area (Å²) in [6.45, 7) is 3.25. The number of allylic oxidation sites excluding steroid dienone is 1. The molecule has 4 heteroatoms. The van der Waals surface area contributed by atoms with Gasteiger partial charge in [-0.05, 0) is 0 Å². The van der Waals surface area contributed by atoms with Crippen molar-refractivity contribution in [3.05, 3.63) is 12.7 Å². The van der Waals surface area contributed by atoms with Crippen LogP contribution in [0.4, 0.5) is 4.79 Å². The third-order valence-electron chi connectivity index (χ3n) is 0.568.